The summed E-state index contributed by atoms with van der Waals surface area (Å²) in [6, 6.07) is 3.11. The molecule has 3 nitrogen and oxygen atoms in total. The summed E-state index contributed by atoms with van der Waals surface area (Å²) in [4.78, 5) is 10.4. The van der Waals surface area contributed by atoms with Gasteiger partial charge in [0.05, 0.1) is 12.7 Å². The molecule has 3 heteroatoms. The highest BCUT2D eigenvalue weighted by molar-refractivity contribution is 5.81. The van der Waals surface area contributed by atoms with Crippen molar-refractivity contribution in [3.8, 4) is 11.5 Å². The number of carbonyl (C=O) groups is 1. The summed E-state index contributed by atoms with van der Waals surface area (Å²) >= 11 is 0. The van der Waals surface area contributed by atoms with Crippen LogP contribution in [0.2, 0.25) is 0 Å². The van der Waals surface area contributed by atoms with Crippen molar-refractivity contribution in [2.75, 3.05) is 7.11 Å². The number of hydrogen-bond acceptors (Lipinski definition) is 3. The number of aldehydes is 1. The van der Waals surface area contributed by atoms with Gasteiger partial charge in [-0.3, -0.25) is 4.79 Å². The van der Waals surface area contributed by atoms with Crippen molar-refractivity contribution in [3.63, 3.8) is 0 Å². The molecule has 0 aliphatic rings. The summed E-state index contributed by atoms with van der Waals surface area (Å²) < 4.78 is 4.90. The number of methoxy groups -OCH3 is 1. The molecule has 0 aliphatic carbocycles. The van der Waals surface area contributed by atoms with Crippen LogP contribution in [0.25, 0.3) is 0 Å². The highest BCUT2D eigenvalue weighted by atomic mass is 16.5. The van der Waals surface area contributed by atoms with E-state index in [1.807, 2.05) is 0 Å². The number of phenolic OH excluding ortho intramolecular Hbond substituents is 1. The van der Waals surface area contributed by atoms with E-state index < -0.39 is 0 Å². The van der Waals surface area contributed by atoms with Crippen LogP contribution < -0.4 is 4.74 Å². The molecule has 0 aromatic heterocycles. The van der Waals surface area contributed by atoms with E-state index in [1.54, 1.807) is 13.0 Å². The first kappa shape index (κ1) is 8.59. The van der Waals surface area contributed by atoms with Crippen LogP contribution >= 0.6 is 0 Å². The van der Waals surface area contributed by atoms with Crippen molar-refractivity contribution in [2.24, 2.45) is 0 Å². The predicted octanol–water partition coefficient (Wildman–Crippen LogP) is 1.52. The topological polar surface area (TPSA) is 46.5 Å². The maximum absolute atomic E-state index is 10.4. The van der Waals surface area contributed by atoms with Crippen LogP contribution in [0.4, 0.5) is 0 Å². The molecule has 0 aliphatic heterocycles. The summed E-state index contributed by atoms with van der Waals surface area (Å²) in [5, 5.41) is 9.29. The Hall–Kier alpha value is -1.51. The lowest BCUT2D eigenvalue weighted by atomic mass is 10.1. The second-order valence-corrected chi connectivity index (χ2v) is 2.49. The number of aryl methyl sites for hydroxylation is 1. The minimum Gasteiger partial charge on any atom is -0.507 e. The van der Waals surface area contributed by atoms with Gasteiger partial charge in [0.2, 0.25) is 0 Å². The molecule has 1 rings (SSSR count). The summed E-state index contributed by atoms with van der Waals surface area (Å²) in [7, 11) is 1.51. The Morgan fingerprint density at radius 2 is 2.17 bits per heavy atom. The van der Waals surface area contributed by atoms with Crippen LogP contribution in [-0.4, -0.2) is 18.5 Å². The highest BCUT2D eigenvalue weighted by Gasteiger charge is 2.05. The quantitative estimate of drug-likeness (QED) is 0.677. The Morgan fingerprint density at radius 3 is 2.58 bits per heavy atom. The first-order valence-corrected chi connectivity index (χ1v) is 3.52. The molecule has 0 unspecified atom stereocenters. The second kappa shape index (κ2) is 3.26. The van der Waals surface area contributed by atoms with Gasteiger partial charge in [0.1, 0.15) is 11.5 Å². The zero-order valence-electron chi connectivity index (χ0n) is 7.00. The summed E-state index contributed by atoms with van der Waals surface area (Å²) in [6.45, 7) is 1.74. The largest absolute Gasteiger partial charge is 0.507 e. The Bertz CT molecular complexity index is 282. The normalized spacial score (nSPS) is 9.50. The number of carbonyl (C=O) groups excluding carboxylic acids is 1. The van der Waals surface area contributed by atoms with Crippen LogP contribution in [0.5, 0.6) is 11.5 Å². The minimum atomic E-state index is -0.0400. The van der Waals surface area contributed by atoms with Crippen molar-refractivity contribution in [3.05, 3.63) is 23.3 Å². The molecule has 12 heavy (non-hydrogen) atoms. The number of benzene rings is 1. The van der Waals surface area contributed by atoms with E-state index in [4.69, 9.17) is 4.74 Å². The predicted molar refractivity (Wildman–Crippen MR) is 44.8 cm³/mol. The zero-order valence-corrected chi connectivity index (χ0v) is 7.00. The number of phenols is 1. The molecule has 0 fully saturated rings. The molecule has 64 valence electrons. The third kappa shape index (κ3) is 1.39. The van der Waals surface area contributed by atoms with Crippen LogP contribution in [0.3, 0.4) is 0 Å². The van der Waals surface area contributed by atoms with E-state index >= 15 is 0 Å². The lowest BCUT2D eigenvalue weighted by molar-refractivity contribution is 0.112. The van der Waals surface area contributed by atoms with Gasteiger partial charge in [-0.15, -0.1) is 0 Å². The van der Waals surface area contributed by atoms with Crippen molar-refractivity contribution < 1.29 is 14.6 Å². The smallest absolute Gasteiger partial charge is 0.154 e. The molecule has 1 aromatic carbocycles. The number of hydrogen-bond donors (Lipinski definition) is 1. The number of ether oxygens (including phenoxy) is 1. The molecule has 1 aromatic rings. The van der Waals surface area contributed by atoms with Crippen LogP contribution in [0, 0.1) is 6.92 Å². The molecule has 0 heterocycles. The van der Waals surface area contributed by atoms with Crippen LogP contribution in [0.15, 0.2) is 12.1 Å². The van der Waals surface area contributed by atoms with Gasteiger partial charge in [-0.1, -0.05) is 0 Å². The van der Waals surface area contributed by atoms with E-state index in [0.29, 0.717) is 23.2 Å². The lowest BCUT2D eigenvalue weighted by Crippen LogP contribution is -1.90. The van der Waals surface area contributed by atoms with E-state index in [1.165, 1.54) is 13.2 Å². The number of rotatable bonds is 2. The fraction of sp³-hybridized carbons (Fsp3) is 0.222. The summed E-state index contributed by atoms with van der Waals surface area (Å²) in [5.74, 6) is 0.512. The molecule has 0 spiro atoms. The molecule has 1 N–H and O–H groups in total. The Kier molecular flexibility index (Phi) is 2.33. The average molecular weight is 166 g/mol. The number of aromatic hydroxyl groups is 1. The Morgan fingerprint density at radius 1 is 1.50 bits per heavy atom. The first-order valence-electron chi connectivity index (χ1n) is 3.52. The van der Waals surface area contributed by atoms with Gasteiger partial charge in [0.25, 0.3) is 0 Å². The van der Waals surface area contributed by atoms with Gasteiger partial charge >= 0.3 is 0 Å². The Labute approximate surface area is 70.6 Å². The van der Waals surface area contributed by atoms with Gasteiger partial charge in [-0.05, 0) is 18.6 Å². The van der Waals surface area contributed by atoms with Crippen molar-refractivity contribution in [2.45, 2.75) is 6.92 Å². The van der Waals surface area contributed by atoms with E-state index in [9.17, 15) is 9.90 Å². The zero-order chi connectivity index (χ0) is 9.14. The van der Waals surface area contributed by atoms with Crippen molar-refractivity contribution in [1.82, 2.24) is 0 Å². The van der Waals surface area contributed by atoms with Crippen molar-refractivity contribution in [1.29, 1.82) is 0 Å². The van der Waals surface area contributed by atoms with Gasteiger partial charge < -0.3 is 9.84 Å². The van der Waals surface area contributed by atoms with E-state index in [-0.39, 0.29) is 5.75 Å². The van der Waals surface area contributed by atoms with Crippen molar-refractivity contribution >= 4 is 6.29 Å². The monoisotopic (exact) mass is 166 g/mol. The van der Waals surface area contributed by atoms with Crippen LogP contribution in [0.1, 0.15) is 15.9 Å². The summed E-state index contributed by atoms with van der Waals surface area (Å²) in [5.41, 5.74) is 1.03. The van der Waals surface area contributed by atoms with E-state index in [2.05, 4.69) is 0 Å². The molecule has 0 saturated carbocycles. The minimum absolute atomic E-state index is 0.0400. The molecule has 0 radical (unpaired) electrons. The van der Waals surface area contributed by atoms with Gasteiger partial charge in [0.15, 0.2) is 6.29 Å². The SMILES string of the molecule is COc1cc(C)c(C=O)c(O)c1. The Balaban J connectivity index is 3.27. The lowest BCUT2D eigenvalue weighted by Gasteiger charge is -2.05. The summed E-state index contributed by atoms with van der Waals surface area (Å²) in [6.07, 6.45) is 0.629. The molecule has 0 saturated heterocycles. The second-order valence-electron chi connectivity index (χ2n) is 2.49. The highest BCUT2D eigenvalue weighted by Crippen LogP contribution is 2.25. The van der Waals surface area contributed by atoms with Gasteiger partial charge in [-0.2, -0.15) is 0 Å². The molecule has 0 amide bonds. The molecular weight excluding hydrogens is 156 g/mol. The first-order chi connectivity index (χ1) is 5.69. The molecule has 0 atom stereocenters. The third-order valence-electron chi connectivity index (χ3n) is 1.69. The molecule has 0 bridgehead atoms. The van der Waals surface area contributed by atoms with Crippen LogP contribution in [-0.2, 0) is 0 Å². The standard InChI is InChI=1S/C9H10O3/c1-6-3-7(12-2)4-9(11)8(6)5-10/h3-5,11H,1-2H3. The average Bonchev–Trinajstić information content (AvgIpc) is 2.03. The van der Waals surface area contributed by atoms with E-state index in [0.717, 1.165) is 0 Å². The fourth-order valence-electron chi connectivity index (χ4n) is 1.02. The maximum Gasteiger partial charge on any atom is 0.154 e. The maximum atomic E-state index is 10.4. The molecular formula is C9H10O3. The third-order valence-corrected chi connectivity index (χ3v) is 1.69. The van der Waals surface area contributed by atoms with Gasteiger partial charge in [0, 0.05) is 6.07 Å². The fourth-order valence-corrected chi connectivity index (χ4v) is 1.02. The van der Waals surface area contributed by atoms with Gasteiger partial charge in [-0.25, -0.2) is 0 Å².